The fourth-order valence-electron chi connectivity index (χ4n) is 0.882. The zero-order chi connectivity index (χ0) is 11.5. The van der Waals surface area contributed by atoms with Gasteiger partial charge in [-0.05, 0) is 41.9 Å². The van der Waals surface area contributed by atoms with Crippen molar-refractivity contribution >= 4 is 33.7 Å². The zero-order valence-corrected chi connectivity index (χ0v) is 11.1. The van der Waals surface area contributed by atoms with Crippen molar-refractivity contribution in [3.8, 4) is 0 Å². The Morgan fingerprint density at radius 1 is 1.47 bits per heavy atom. The minimum atomic E-state index is -0.762. The van der Waals surface area contributed by atoms with E-state index in [1.165, 1.54) is 0 Å². The van der Waals surface area contributed by atoms with Gasteiger partial charge in [-0.25, -0.2) is 0 Å². The van der Waals surface area contributed by atoms with Crippen LogP contribution in [0.15, 0.2) is 33.6 Å². The molecule has 1 rings (SSSR count). The number of carboxylic acid groups (broad SMARTS) is 1. The fourth-order valence-corrected chi connectivity index (χ4v) is 2.53. The molecule has 0 fully saturated rings. The molecule has 0 atom stereocenters. The third-order valence-electron chi connectivity index (χ3n) is 2.00. The highest BCUT2D eigenvalue weighted by Crippen LogP contribution is 2.32. The van der Waals surface area contributed by atoms with Crippen molar-refractivity contribution in [1.29, 1.82) is 0 Å². The number of aliphatic carboxylic acids is 1. The average molecular weight is 289 g/mol. The molecule has 0 aliphatic rings. The van der Waals surface area contributed by atoms with Crippen LogP contribution in [0.3, 0.4) is 0 Å². The van der Waals surface area contributed by atoms with Crippen LogP contribution in [0, 0.1) is 5.41 Å². The van der Waals surface area contributed by atoms with Gasteiger partial charge >= 0.3 is 5.97 Å². The lowest BCUT2D eigenvalue weighted by Crippen LogP contribution is -2.26. The van der Waals surface area contributed by atoms with Crippen molar-refractivity contribution in [2.75, 3.05) is 5.75 Å². The van der Waals surface area contributed by atoms with Gasteiger partial charge in [-0.1, -0.05) is 12.1 Å². The van der Waals surface area contributed by atoms with Crippen molar-refractivity contribution in [2.24, 2.45) is 5.41 Å². The molecule has 4 heteroatoms. The second-order valence-electron chi connectivity index (χ2n) is 3.91. The Morgan fingerprint density at radius 3 is 2.60 bits per heavy atom. The number of carbonyl (C=O) groups is 1. The molecular formula is C11H13BrO2S. The third-order valence-corrected chi connectivity index (χ3v) is 4.49. The molecule has 0 heterocycles. The Hall–Kier alpha value is -0.480. The number of hydrogen-bond acceptors (Lipinski definition) is 2. The van der Waals surface area contributed by atoms with Gasteiger partial charge < -0.3 is 5.11 Å². The van der Waals surface area contributed by atoms with E-state index in [4.69, 9.17) is 5.11 Å². The average Bonchev–Trinajstić information content (AvgIpc) is 2.16. The Kier molecular flexibility index (Phi) is 4.22. The predicted octanol–water partition coefficient (Wildman–Crippen LogP) is 3.65. The van der Waals surface area contributed by atoms with Gasteiger partial charge in [-0.3, -0.25) is 4.79 Å². The molecule has 1 aromatic rings. The minimum absolute atomic E-state index is 0.560. The van der Waals surface area contributed by atoms with Crippen LogP contribution in [0.4, 0.5) is 0 Å². The van der Waals surface area contributed by atoms with E-state index < -0.39 is 11.4 Å². The number of hydrogen-bond donors (Lipinski definition) is 1. The second-order valence-corrected chi connectivity index (χ2v) is 5.78. The topological polar surface area (TPSA) is 37.3 Å². The number of thioether (sulfide) groups is 1. The van der Waals surface area contributed by atoms with Crippen LogP contribution < -0.4 is 0 Å². The summed E-state index contributed by atoms with van der Waals surface area (Å²) in [5.74, 6) is -0.202. The summed E-state index contributed by atoms with van der Waals surface area (Å²) in [6, 6.07) is 7.82. The molecule has 0 saturated carbocycles. The van der Waals surface area contributed by atoms with E-state index in [1.54, 1.807) is 25.6 Å². The summed E-state index contributed by atoms with van der Waals surface area (Å²) in [5, 5.41) is 8.96. The third kappa shape index (κ3) is 3.54. The maximum atomic E-state index is 10.9. The molecule has 0 aromatic heterocycles. The summed E-state index contributed by atoms with van der Waals surface area (Å²) < 4.78 is 1.01. The zero-order valence-electron chi connectivity index (χ0n) is 8.66. The molecule has 15 heavy (non-hydrogen) atoms. The van der Waals surface area contributed by atoms with E-state index in [0.29, 0.717) is 5.75 Å². The Balaban J connectivity index is 2.66. The van der Waals surface area contributed by atoms with Gasteiger partial charge in [0.15, 0.2) is 0 Å². The lowest BCUT2D eigenvalue weighted by Gasteiger charge is -2.18. The molecule has 0 aliphatic heterocycles. The fraction of sp³-hybridized carbons (Fsp3) is 0.364. The van der Waals surface area contributed by atoms with Crippen LogP contribution in [0.2, 0.25) is 0 Å². The maximum Gasteiger partial charge on any atom is 0.309 e. The number of carboxylic acids is 1. The molecule has 1 N–H and O–H groups in total. The van der Waals surface area contributed by atoms with E-state index in [1.807, 2.05) is 24.3 Å². The summed E-state index contributed by atoms with van der Waals surface area (Å²) in [6.45, 7) is 3.47. The number of benzene rings is 1. The summed E-state index contributed by atoms with van der Waals surface area (Å²) in [7, 11) is 0. The predicted molar refractivity (Wildman–Crippen MR) is 66.3 cm³/mol. The van der Waals surface area contributed by atoms with Crippen LogP contribution in [-0.4, -0.2) is 16.8 Å². The van der Waals surface area contributed by atoms with Gasteiger partial charge in [0.1, 0.15) is 0 Å². The van der Waals surface area contributed by atoms with Gasteiger partial charge in [0, 0.05) is 15.1 Å². The lowest BCUT2D eigenvalue weighted by atomic mass is 9.97. The van der Waals surface area contributed by atoms with E-state index in [0.717, 1.165) is 9.37 Å². The van der Waals surface area contributed by atoms with Gasteiger partial charge in [0.25, 0.3) is 0 Å². The van der Waals surface area contributed by atoms with Crippen LogP contribution in [0.5, 0.6) is 0 Å². The van der Waals surface area contributed by atoms with Crippen molar-refractivity contribution in [3.05, 3.63) is 28.7 Å². The summed E-state index contributed by atoms with van der Waals surface area (Å²) >= 11 is 4.99. The van der Waals surface area contributed by atoms with Crippen LogP contribution >= 0.6 is 27.7 Å². The van der Waals surface area contributed by atoms with Crippen molar-refractivity contribution in [2.45, 2.75) is 18.7 Å². The second kappa shape index (κ2) is 5.03. The largest absolute Gasteiger partial charge is 0.481 e. The Bertz CT molecular complexity index is 363. The monoisotopic (exact) mass is 288 g/mol. The summed E-state index contributed by atoms with van der Waals surface area (Å²) in [5.41, 5.74) is -0.694. The van der Waals surface area contributed by atoms with Crippen LogP contribution in [-0.2, 0) is 4.79 Å². The standard InChI is InChI=1S/C11H13BrO2S/c1-11(2,10(13)14)7-15-9-6-4-3-5-8(9)12/h3-6H,7H2,1-2H3,(H,13,14). The molecule has 0 radical (unpaired) electrons. The molecule has 0 aliphatic carbocycles. The first-order valence-corrected chi connectivity index (χ1v) is 6.32. The highest BCUT2D eigenvalue weighted by molar-refractivity contribution is 9.10. The first-order valence-electron chi connectivity index (χ1n) is 4.54. The molecule has 0 saturated heterocycles. The smallest absolute Gasteiger partial charge is 0.309 e. The van der Waals surface area contributed by atoms with Gasteiger partial charge in [-0.15, -0.1) is 11.8 Å². The summed E-state index contributed by atoms with van der Waals surface area (Å²) in [4.78, 5) is 12.0. The normalized spacial score (nSPS) is 11.4. The Labute approximate surface area is 102 Å². The summed E-state index contributed by atoms with van der Waals surface area (Å²) in [6.07, 6.45) is 0. The van der Waals surface area contributed by atoms with E-state index >= 15 is 0 Å². The van der Waals surface area contributed by atoms with Gasteiger partial charge in [0.05, 0.1) is 5.41 Å². The molecule has 0 amide bonds. The van der Waals surface area contributed by atoms with Crippen molar-refractivity contribution < 1.29 is 9.90 Å². The van der Waals surface area contributed by atoms with Gasteiger partial charge in [0.2, 0.25) is 0 Å². The molecule has 82 valence electrons. The van der Waals surface area contributed by atoms with Crippen LogP contribution in [0.25, 0.3) is 0 Å². The molecule has 1 aromatic carbocycles. The molecule has 0 bridgehead atoms. The highest BCUT2D eigenvalue weighted by Gasteiger charge is 2.27. The van der Waals surface area contributed by atoms with Crippen LogP contribution in [0.1, 0.15) is 13.8 Å². The molecular weight excluding hydrogens is 276 g/mol. The van der Waals surface area contributed by atoms with E-state index in [2.05, 4.69) is 15.9 Å². The quantitative estimate of drug-likeness (QED) is 0.860. The molecule has 0 unspecified atom stereocenters. The lowest BCUT2D eigenvalue weighted by molar-refractivity contribution is -0.145. The SMILES string of the molecule is CC(C)(CSc1ccccc1Br)C(=O)O. The molecule has 0 spiro atoms. The maximum absolute atomic E-state index is 10.9. The minimum Gasteiger partial charge on any atom is -0.481 e. The van der Waals surface area contributed by atoms with Gasteiger partial charge in [-0.2, -0.15) is 0 Å². The highest BCUT2D eigenvalue weighted by atomic mass is 79.9. The Morgan fingerprint density at radius 2 is 2.07 bits per heavy atom. The first-order chi connectivity index (χ1) is 6.93. The number of halogens is 1. The van der Waals surface area contributed by atoms with E-state index in [-0.39, 0.29) is 0 Å². The first kappa shape index (κ1) is 12.6. The van der Waals surface area contributed by atoms with E-state index in [9.17, 15) is 4.79 Å². The molecule has 2 nitrogen and oxygen atoms in total. The van der Waals surface area contributed by atoms with Crippen molar-refractivity contribution in [1.82, 2.24) is 0 Å². The van der Waals surface area contributed by atoms with Crippen molar-refractivity contribution in [3.63, 3.8) is 0 Å². The number of rotatable bonds is 4.